The number of hydrogen-bond acceptors (Lipinski definition) is 3. The lowest BCUT2D eigenvalue weighted by Gasteiger charge is -2.19. The molecule has 2 aromatic rings. The van der Waals surface area contributed by atoms with E-state index in [0.717, 1.165) is 21.1 Å². The van der Waals surface area contributed by atoms with Crippen LogP contribution in [0, 0.1) is 0 Å². The third-order valence-electron chi connectivity index (χ3n) is 2.60. The number of rotatable bonds is 4. The maximum absolute atomic E-state index is 4.08. The van der Waals surface area contributed by atoms with Crippen molar-refractivity contribution in [3.8, 4) is 0 Å². The summed E-state index contributed by atoms with van der Waals surface area (Å²) in [5, 5.41) is 3.45. The average Bonchev–Trinajstić information content (AvgIpc) is 2.38. The van der Waals surface area contributed by atoms with E-state index in [2.05, 4.69) is 60.1 Å². The molecular weight excluding hydrogens is 358 g/mol. The standard InChI is InChI=1S/C13H13Br2N3/c1-2-18-13(9-6-16-8-17-7-9)11-4-3-10(14)5-12(11)15/h3-8,13,18H,2H2,1H3. The molecule has 1 aromatic heterocycles. The van der Waals surface area contributed by atoms with Gasteiger partial charge >= 0.3 is 0 Å². The molecule has 18 heavy (non-hydrogen) atoms. The first-order valence-electron chi connectivity index (χ1n) is 5.65. The number of hydrogen-bond donors (Lipinski definition) is 1. The molecule has 1 unspecified atom stereocenters. The Hall–Kier alpha value is -0.780. The molecule has 0 aliphatic carbocycles. The van der Waals surface area contributed by atoms with Crippen molar-refractivity contribution in [1.29, 1.82) is 0 Å². The van der Waals surface area contributed by atoms with E-state index in [0.29, 0.717) is 0 Å². The van der Waals surface area contributed by atoms with Crippen molar-refractivity contribution < 1.29 is 0 Å². The van der Waals surface area contributed by atoms with Crippen molar-refractivity contribution in [3.63, 3.8) is 0 Å². The van der Waals surface area contributed by atoms with Gasteiger partial charge in [0.15, 0.2) is 0 Å². The van der Waals surface area contributed by atoms with Gasteiger partial charge in [-0.15, -0.1) is 0 Å². The number of benzene rings is 1. The highest BCUT2D eigenvalue weighted by Crippen LogP contribution is 2.30. The number of aromatic nitrogens is 2. The molecule has 0 bridgehead atoms. The van der Waals surface area contributed by atoms with Crippen molar-refractivity contribution in [3.05, 3.63) is 57.0 Å². The molecule has 0 aliphatic rings. The Kier molecular flexibility index (Phi) is 4.86. The molecule has 0 radical (unpaired) electrons. The van der Waals surface area contributed by atoms with Gasteiger partial charge in [-0.3, -0.25) is 0 Å². The van der Waals surface area contributed by atoms with Gasteiger partial charge in [-0.2, -0.15) is 0 Å². The number of nitrogens with one attached hydrogen (secondary N) is 1. The summed E-state index contributed by atoms with van der Waals surface area (Å²) in [6.45, 7) is 2.96. The van der Waals surface area contributed by atoms with Crippen molar-refractivity contribution in [1.82, 2.24) is 15.3 Å². The summed E-state index contributed by atoms with van der Waals surface area (Å²) in [4.78, 5) is 8.17. The Bertz CT molecular complexity index is 517. The van der Waals surface area contributed by atoms with Crippen molar-refractivity contribution in [2.45, 2.75) is 13.0 Å². The molecule has 3 nitrogen and oxygen atoms in total. The predicted octanol–water partition coefficient (Wildman–Crippen LogP) is 3.70. The number of halogens is 2. The van der Waals surface area contributed by atoms with Crippen LogP contribution in [0.1, 0.15) is 24.1 Å². The van der Waals surface area contributed by atoms with Gasteiger partial charge in [0.25, 0.3) is 0 Å². The van der Waals surface area contributed by atoms with E-state index in [1.54, 1.807) is 6.33 Å². The Labute approximate surface area is 123 Å². The van der Waals surface area contributed by atoms with Gasteiger partial charge in [0.05, 0.1) is 6.04 Å². The van der Waals surface area contributed by atoms with Crippen molar-refractivity contribution in [2.24, 2.45) is 0 Å². The van der Waals surface area contributed by atoms with Crippen LogP contribution in [0.2, 0.25) is 0 Å². The van der Waals surface area contributed by atoms with Crippen LogP contribution < -0.4 is 5.32 Å². The van der Waals surface area contributed by atoms with E-state index in [4.69, 9.17) is 0 Å². The molecule has 0 saturated carbocycles. The zero-order chi connectivity index (χ0) is 13.0. The van der Waals surface area contributed by atoms with E-state index in [9.17, 15) is 0 Å². The predicted molar refractivity (Wildman–Crippen MR) is 79.4 cm³/mol. The molecule has 0 amide bonds. The summed E-state index contributed by atoms with van der Waals surface area (Å²) >= 11 is 7.07. The van der Waals surface area contributed by atoms with Crippen LogP contribution in [-0.4, -0.2) is 16.5 Å². The normalized spacial score (nSPS) is 12.4. The monoisotopic (exact) mass is 369 g/mol. The van der Waals surface area contributed by atoms with E-state index < -0.39 is 0 Å². The summed E-state index contributed by atoms with van der Waals surface area (Å²) in [5.74, 6) is 0. The first-order chi connectivity index (χ1) is 8.72. The van der Waals surface area contributed by atoms with Crippen LogP contribution in [0.4, 0.5) is 0 Å². The van der Waals surface area contributed by atoms with Gasteiger partial charge in [0, 0.05) is 26.9 Å². The molecule has 1 N–H and O–H groups in total. The summed E-state index contributed by atoms with van der Waals surface area (Å²) < 4.78 is 2.12. The summed E-state index contributed by atoms with van der Waals surface area (Å²) in [7, 11) is 0. The number of nitrogens with zero attached hydrogens (tertiary/aromatic N) is 2. The zero-order valence-corrected chi connectivity index (χ0v) is 13.1. The van der Waals surface area contributed by atoms with Gasteiger partial charge < -0.3 is 5.32 Å². The van der Waals surface area contributed by atoms with Crippen LogP contribution in [-0.2, 0) is 0 Å². The molecule has 0 fully saturated rings. The molecule has 0 saturated heterocycles. The van der Waals surface area contributed by atoms with E-state index in [1.807, 2.05) is 24.5 Å². The van der Waals surface area contributed by atoms with Gasteiger partial charge in [-0.25, -0.2) is 9.97 Å². The molecule has 94 valence electrons. The highest BCUT2D eigenvalue weighted by molar-refractivity contribution is 9.11. The molecular formula is C13H13Br2N3. The second-order valence-corrected chi connectivity index (χ2v) is 5.60. The molecule has 0 aliphatic heterocycles. The van der Waals surface area contributed by atoms with Gasteiger partial charge in [-0.05, 0) is 24.2 Å². The molecule has 5 heteroatoms. The SMILES string of the molecule is CCNC(c1cncnc1)c1ccc(Br)cc1Br. The highest BCUT2D eigenvalue weighted by atomic mass is 79.9. The molecule has 1 heterocycles. The molecule has 1 atom stereocenters. The fourth-order valence-electron chi connectivity index (χ4n) is 1.81. The van der Waals surface area contributed by atoms with Crippen LogP contribution in [0.5, 0.6) is 0 Å². The minimum absolute atomic E-state index is 0.0960. The van der Waals surface area contributed by atoms with Crippen LogP contribution in [0.25, 0.3) is 0 Å². The third kappa shape index (κ3) is 3.16. The van der Waals surface area contributed by atoms with Gasteiger partial charge in [-0.1, -0.05) is 44.8 Å². The zero-order valence-electron chi connectivity index (χ0n) is 9.90. The van der Waals surface area contributed by atoms with Crippen LogP contribution in [0.15, 0.2) is 45.9 Å². The lowest BCUT2D eigenvalue weighted by Crippen LogP contribution is -2.22. The highest BCUT2D eigenvalue weighted by Gasteiger charge is 2.16. The molecule has 2 rings (SSSR count). The first-order valence-corrected chi connectivity index (χ1v) is 7.24. The smallest absolute Gasteiger partial charge is 0.115 e. The van der Waals surface area contributed by atoms with Crippen LogP contribution in [0.3, 0.4) is 0 Å². The fourth-order valence-corrected chi connectivity index (χ4v) is 3.08. The van der Waals surface area contributed by atoms with E-state index in [1.165, 1.54) is 5.56 Å². The Morgan fingerprint density at radius 3 is 2.56 bits per heavy atom. The first kappa shape index (κ1) is 13.6. The second kappa shape index (κ2) is 6.41. The second-order valence-electron chi connectivity index (χ2n) is 3.83. The Balaban J connectivity index is 2.41. The maximum Gasteiger partial charge on any atom is 0.115 e. The van der Waals surface area contributed by atoms with E-state index in [-0.39, 0.29) is 6.04 Å². The minimum Gasteiger partial charge on any atom is -0.306 e. The summed E-state index contributed by atoms with van der Waals surface area (Å²) in [6.07, 6.45) is 5.23. The van der Waals surface area contributed by atoms with E-state index >= 15 is 0 Å². The summed E-state index contributed by atoms with van der Waals surface area (Å²) in [5.41, 5.74) is 2.23. The minimum atomic E-state index is 0.0960. The fraction of sp³-hybridized carbons (Fsp3) is 0.231. The van der Waals surface area contributed by atoms with Gasteiger partial charge in [0.1, 0.15) is 6.33 Å². The average molecular weight is 371 g/mol. The third-order valence-corrected chi connectivity index (χ3v) is 3.78. The topological polar surface area (TPSA) is 37.8 Å². The molecule has 1 aromatic carbocycles. The van der Waals surface area contributed by atoms with Crippen LogP contribution >= 0.6 is 31.9 Å². The summed E-state index contributed by atoms with van der Waals surface area (Å²) in [6, 6.07) is 6.27. The lowest BCUT2D eigenvalue weighted by atomic mass is 10.0. The largest absolute Gasteiger partial charge is 0.306 e. The van der Waals surface area contributed by atoms with Gasteiger partial charge in [0.2, 0.25) is 0 Å². The van der Waals surface area contributed by atoms with Crippen molar-refractivity contribution in [2.75, 3.05) is 6.54 Å². The lowest BCUT2D eigenvalue weighted by molar-refractivity contribution is 0.624. The Morgan fingerprint density at radius 2 is 1.94 bits per heavy atom. The van der Waals surface area contributed by atoms with Crippen molar-refractivity contribution >= 4 is 31.9 Å². The Morgan fingerprint density at radius 1 is 1.22 bits per heavy atom. The maximum atomic E-state index is 4.08. The molecule has 0 spiro atoms. The quantitative estimate of drug-likeness (QED) is 0.891.